The number of benzene rings is 2. The van der Waals surface area contributed by atoms with Crippen molar-refractivity contribution in [1.29, 1.82) is 0 Å². The van der Waals surface area contributed by atoms with Gasteiger partial charge in [-0.05, 0) is 69.2 Å². The molecule has 126 valence electrons. The van der Waals surface area contributed by atoms with E-state index in [0.29, 0.717) is 11.3 Å². The van der Waals surface area contributed by atoms with Crippen molar-refractivity contribution in [1.82, 2.24) is 0 Å². The summed E-state index contributed by atoms with van der Waals surface area (Å²) in [5.74, 6) is 0.583. The monoisotopic (exact) mass is 324 g/mol. The van der Waals surface area contributed by atoms with Crippen LogP contribution in [0.4, 0.5) is 11.4 Å². The van der Waals surface area contributed by atoms with Crippen LogP contribution in [-0.4, -0.2) is 25.1 Å². The molecule has 0 aliphatic carbocycles. The van der Waals surface area contributed by atoms with Crippen LogP contribution in [-0.2, 0) is 0 Å². The fourth-order valence-electron chi connectivity index (χ4n) is 2.92. The minimum absolute atomic E-state index is 0.0847. The van der Waals surface area contributed by atoms with Crippen LogP contribution in [0.2, 0.25) is 0 Å². The molecule has 2 aromatic carbocycles. The molecule has 0 saturated carbocycles. The Morgan fingerprint density at radius 1 is 1.08 bits per heavy atom. The van der Waals surface area contributed by atoms with E-state index in [0.717, 1.165) is 18.8 Å². The molecule has 4 nitrogen and oxygen atoms in total. The second-order valence-corrected chi connectivity index (χ2v) is 6.39. The van der Waals surface area contributed by atoms with Crippen molar-refractivity contribution in [2.24, 2.45) is 0 Å². The Kier molecular flexibility index (Phi) is 5.04. The molecule has 1 aliphatic rings. The summed E-state index contributed by atoms with van der Waals surface area (Å²) >= 11 is 0. The SMILES string of the molecule is CC(C)Oc1cccc(C(=O)Nc2ccc(N3CCCC3)cc2)c1. The molecule has 0 bridgehead atoms. The topological polar surface area (TPSA) is 41.6 Å². The molecule has 1 N–H and O–H groups in total. The van der Waals surface area contributed by atoms with Gasteiger partial charge in [-0.25, -0.2) is 0 Å². The van der Waals surface area contributed by atoms with E-state index >= 15 is 0 Å². The van der Waals surface area contributed by atoms with Crippen molar-refractivity contribution in [3.05, 3.63) is 54.1 Å². The predicted molar refractivity (Wildman–Crippen MR) is 98.0 cm³/mol. The van der Waals surface area contributed by atoms with Gasteiger partial charge in [0.2, 0.25) is 0 Å². The Hall–Kier alpha value is -2.49. The van der Waals surface area contributed by atoms with E-state index in [1.165, 1.54) is 18.5 Å². The number of ether oxygens (including phenoxy) is 1. The van der Waals surface area contributed by atoms with Crippen LogP contribution in [0.25, 0.3) is 0 Å². The van der Waals surface area contributed by atoms with E-state index in [-0.39, 0.29) is 12.0 Å². The maximum Gasteiger partial charge on any atom is 0.255 e. The number of carbonyl (C=O) groups is 1. The average Bonchev–Trinajstić information content (AvgIpc) is 3.09. The lowest BCUT2D eigenvalue weighted by Gasteiger charge is -2.17. The largest absolute Gasteiger partial charge is 0.491 e. The minimum Gasteiger partial charge on any atom is -0.491 e. The zero-order valence-electron chi connectivity index (χ0n) is 14.3. The summed E-state index contributed by atoms with van der Waals surface area (Å²) in [7, 11) is 0. The summed E-state index contributed by atoms with van der Waals surface area (Å²) in [4.78, 5) is 14.8. The van der Waals surface area contributed by atoms with Crippen molar-refractivity contribution < 1.29 is 9.53 Å². The van der Waals surface area contributed by atoms with E-state index < -0.39 is 0 Å². The molecule has 24 heavy (non-hydrogen) atoms. The van der Waals surface area contributed by atoms with Crippen LogP contribution in [0.3, 0.4) is 0 Å². The van der Waals surface area contributed by atoms with Crippen LogP contribution in [0.1, 0.15) is 37.0 Å². The first kappa shape index (κ1) is 16.4. The van der Waals surface area contributed by atoms with Crippen molar-refractivity contribution in [2.75, 3.05) is 23.3 Å². The van der Waals surface area contributed by atoms with Crippen molar-refractivity contribution >= 4 is 17.3 Å². The minimum atomic E-state index is -0.127. The maximum atomic E-state index is 12.4. The van der Waals surface area contributed by atoms with Gasteiger partial charge in [-0.1, -0.05) is 6.07 Å². The lowest BCUT2D eigenvalue weighted by molar-refractivity contribution is 0.102. The van der Waals surface area contributed by atoms with Crippen LogP contribution >= 0.6 is 0 Å². The van der Waals surface area contributed by atoms with Gasteiger partial charge in [0.15, 0.2) is 0 Å². The van der Waals surface area contributed by atoms with Crippen LogP contribution in [0.5, 0.6) is 5.75 Å². The van der Waals surface area contributed by atoms with Crippen molar-refractivity contribution in [2.45, 2.75) is 32.8 Å². The molecule has 1 aliphatic heterocycles. The summed E-state index contributed by atoms with van der Waals surface area (Å²) in [6.45, 7) is 6.17. The Labute approximate surface area is 143 Å². The first-order chi connectivity index (χ1) is 11.6. The van der Waals surface area contributed by atoms with Gasteiger partial charge >= 0.3 is 0 Å². The molecule has 1 fully saturated rings. The van der Waals surface area contributed by atoms with Crippen LogP contribution < -0.4 is 15.0 Å². The van der Waals surface area contributed by atoms with E-state index in [9.17, 15) is 4.79 Å². The predicted octanol–water partition coefficient (Wildman–Crippen LogP) is 4.33. The van der Waals surface area contributed by atoms with Gasteiger partial charge in [-0.3, -0.25) is 4.79 Å². The molecule has 0 unspecified atom stereocenters. The van der Waals surface area contributed by atoms with E-state index in [2.05, 4.69) is 22.3 Å². The molecule has 1 saturated heterocycles. The lowest BCUT2D eigenvalue weighted by Crippen LogP contribution is -2.17. The highest BCUT2D eigenvalue weighted by atomic mass is 16.5. The zero-order chi connectivity index (χ0) is 16.9. The number of hydrogen-bond donors (Lipinski definition) is 1. The number of carbonyl (C=O) groups excluding carboxylic acids is 1. The Bertz CT molecular complexity index is 689. The highest BCUT2D eigenvalue weighted by molar-refractivity contribution is 6.04. The van der Waals surface area contributed by atoms with Gasteiger partial charge in [0.25, 0.3) is 5.91 Å². The van der Waals surface area contributed by atoms with Crippen molar-refractivity contribution in [3.8, 4) is 5.75 Å². The standard InChI is InChI=1S/C20H24N2O2/c1-15(2)24-19-7-5-6-16(14-19)20(23)21-17-8-10-18(11-9-17)22-12-3-4-13-22/h5-11,14-15H,3-4,12-13H2,1-2H3,(H,21,23). The molecule has 4 heteroatoms. The number of amides is 1. The third-order valence-electron chi connectivity index (χ3n) is 4.06. The lowest BCUT2D eigenvalue weighted by atomic mass is 10.2. The number of rotatable bonds is 5. The second kappa shape index (κ2) is 7.39. The zero-order valence-corrected chi connectivity index (χ0v) is 14.3. The summed E-state index contributed by atoms with van der Waals surface area (Å²) in [5.41, 5.74) is 2.62. The fraction of sp³-hybridized carbons (Fsp3) is 0.350. The number of anilines is 2. The maximum absolute atomic E-state index is 12.4. The molecular formula is C20H24N2O2. The Morgan fingerprint density at radius 3 is 2.46 bits per heavy atom. The van der Waals surface area contributed by atoms with Gasteiger partial charge in [-0.2, -0.15) is 0 Å². The van der Waals surface area contributed by atoms with E-state index in [4.69, 9.17) is 4.74 Å². The highest BCUT2D eigenvalue weighted by Crippen LogP contribution is 2.22. The molecule has 0 radical (unpaired) electrons. The quantitative estimate of drug-likeness (QED) is 0.890. The number of nitrogens with zero attached hydrogens (tertiary/aromatic N) is 1. The Morgan fingerprint density at radius 2 is 1.79 bits per heavy atom. The molecule has 0 aromatic heterocycles. The molecule has 1 amide bonds. The van der Waals surface area contributed by atoms with Crippen molar-refractivity contribution in [3.63, 3.8) is 0 Å². The smallest absolute Gasteiger partial charge is 0.255 e. The molecule has 0 spiro atoms. The molecule has 1 heterocycles. The number of nitrogens with one attached hydrogen (secondary N) is 1. The number of hydrogen-bond acceptors (Lipinski definition) is 3. The first-order valence-corrected chi connectivity index (χ1v) is 8.55. The molecule has 0 atom stereocenters. The van der Waals surface area contributed by atoms with Gasteiger partial charge in [0, 0.05) is 30.0 Å². The van der Waals surface area contributed by atoms with Crippen LogP contribution in [0, 0.1) is 0 Å². The molecule has 3 rings (SSSR count). The van der Waals surface area contributed by atoms with Gasteiger partial charge in [0.05, 0.1) is 6.10 Å². The fourth-order valence-corrected chi connectivity index (χ4v) is 2.92. The average molecular weight is 324 g/mol. The van der Waals surface area contributed by atoms with Crippen LogP contribution in [0.15, 0.2) is 48.5 Å². The second-order valence-electron chi connectivity index (χ2n) is 6.39. The Balaban J connectivity index is 1.66. The van der Waals surface area contributed by atoms with Gasteiger partial charge < -0.3 is 15.0 Å². The van der Waals surface area contributed by atoms with E-state index in [1.54, 1.807) is 12.1 Å². The third kappa shape index (κ3) is 4.07. The normalized spacial score (nSPS) is 14.0. The summed E-state index contributed by atoms with van der Waals surface area (Å²) < 4.78 is 5.64. The summed E-state index contributed by atoms with van der Waals surface area (Å²) in [6, 6.07) is 15.3. The molecule has 2 aromatic rings. The molecular weight excluding hydrogens is 300 g/mol. The summed E-state index contributed by atoms with van der Waals surface area (Å²) in [5, 5.41) is 2.94. The van der Waals surface area contributed by atoms with E-state index in [1.807, 2.05) is 38.1 Å². The highest BCUT2D eigenvalue weighted by Gasteiger charge is 2.12. The summed E-state index contributed by atoms with van der Waals surface area (Å²) in [6.07, 6.45) is 2.60. The van der Waals surface area contributed by atoms with Gasteiger partial charge in [-0.15, -0.1) is 0 Å². The third-order valence-corrected chi connectivity index (χ3v) is 4.06. The first-order valence-electron chi connectivity index (χ1n) is 8.55. The van der Waals surface area contributed by atoms with Gasteiger partial charge in [0.1, 0.15) is 5.75 Å².